The van der Waals surface area contributed by atoms with Gasteiger partial charge in [-0.3, -0.25) is 0 Å². The first kappa shape index (κ1) is 16.5. The molecule has 1 saturated carbocycles. The van der Waals surface area contributed by atoms with Crippen molar-refractivity contribution in [2.45, 2.75) is 55.8 Å². The van der Waals surface area contributed by atoms with Crippen molar-refractivity contribution in [3.63, 3.8) is 0 Å². The molecule has 1 aromatic rings. The molecule has 0 saturated heterocycles. The van der Waals surface area contributed by atoms with Crippen LogP contribution >= 0.6 is 0 Å². The average Bonchev–Trinajstić information content (AvgIpc) is 2.53. The molecule has 5 heteroatoms. The first-order chi connectivity index (χ1) is 10.1. The van der Waals surface area contributed by atoms with Gasteiger partial charge in [0.2, 0.25) is 10.0 Å². The van der Waals surface area contributed by atoms with Gasteiger partial charge in [-0.2, -0.15) is 0 Å². The molecule has 0 unspecified atom stereocenters. The van der Waals surface area contributed by atoms with Crippen molar-refractivity contribution < 1.29 is 8.42 Å². The zero-order valence-corrected chi connectivity index (χ0v) is 13.4. The Morgan fingerprint density at radius 1 is 1.05 bits per heavy atom. The third kappa shape index (κ3) is 4.80. The fraction of sp³-hybridized carbons (Fsp3) is 0.625. The first-order valence-electron chi connectivity index (χ1n) is 7.93. The molecule has 0 spiro atoms. The molecule has 0 heterocycles. The highest BCUT2D eigenvalue weighted by molar-refractivity contribution is 7.89. The molecule has 0 amide bonds. The van der Waals surface area contributed by atoms with Crippen molar-refractivity contribution in [1.29, 1.82) is 0 Å². The Bertz CT molecular complexity index is 520. The van der Waals surface area contributed by atoms with Gasteiger partial charge in [-0.05, 0) is 55.8 Å². The van der Waals surface area contributed by atoms with Gasteiger partial charge in [0.25, 0.3) is 0 Å². The van der Waals surface area contributed by atoms with Gasteiger partial charge in [0.1, 0.15) is 0 Å². The largest absolute Gasteiger partial charge is 0.330 e. The number of hydrogen-bond acceptors (Lipinski definition) is 3. The van der Waals surface area contributed by atoms with Crippen LogP contribution < -0.4 is 10.5 Å². The highest BCUT2D eigenvalue weighted by Gasteiger charge is 2.17. The van der Waals surface area contributed by atoms with E-state index in [2.05, 4.69) is 4.72 Å². The number of benzene rings is 1. The average molecular weight is 310 g/mol. The lowest BCUT2D eigenvalue weighted by Crippen LogP contribution is -2.25. The van der Waals surface area contributed by atoms with Crippen LogP contribution in [0.15, 0.2) is 29.2 Å². The molecule has 0 aliphatic heterocycles. The van der Waals surface area contributed by atoms with E-state index in [0.29, 0.717) is 23.9 Å². The number of nitrogens with one attached hydrogen (secondary N) is 1. The molecule has 0 atom stereocenters. The second-order valence-electron chi connectivity index (χ2n) is 5.80. The fourth-order valence-electron chi connectivity index (χ4n) is 2.91. The maximum absolute atomic E-state index is 12.1. The number of nitrogens with two attached hydrogens (primary N) is 1. The van der Waals surface area contributed by atoms with Crippen molar-refractivity contribution in [3.05, 3.63) is 29.8 Å². The van der Waals surface area contributed by atoms with E-state index in [1.165, 1.54) is 37.7 Å². The lowest BCUT2D eigenvalue weighted by Gasteiger charge is -2.22. The molecule has 0 radical (unpaired) electrons. The maximum atomic E-state index is 12.1. The summed E-state index contributed by atoms with van der Waals surface area (Å²) in [5, 5.41) is 0. The fourth-order valence-corrected chi connectivity index (χ4v) is 3.99. The van der Waals surface area contributed by atoms with E-state index in [-0.39, 0.29) is 0 Å². The summed E-state index contributed by atoms with van der Waals surface area (Å²) in [6.07, 6.45) is 7.96. The van der Waals surface area contributed by atoms with E-state index >= 15 is 0 Å². The van der Waals surface area contributed by atoms with Crippen molar-refractivity contribution in [2.24, 2.45) is 5.73 Å². The zero-order chi connectivity index (χ0) is 15.1. The number of sulfonamides is 1. The summed E-state index contributed by atoms with van der Waals surface area (Å²) < 4.78 is 26.9. The Hall–Kier alpha value is -0.910. The van der Waals surface area contributed by atoms with Gasteiger partial charge in [-0.25, -0.2) is 13.1 Å². The molecule has 118 valence electrons. The molecule has 1 fully saturated rings. The summed E-state index contributed by atoms with van der Waals surface area (Å²) in [7, 11) is -3.38. The van der Waals surface area contributed by atoms with E-state index in [0.717, 1.165) is 12.8 Å². The number of hydrogen-bond donors (Lipinski definition) is 2. The van der Waals surface area contributed by atoms with Crippen LogP contribution in [-0.4, -0.2) is 21.5 Å². The molecule has 4 nitrogen and oxygen atoms in total. The maximum Gasteiger partial charge on any atom is 0.240 e. The van der Waals surface area contributed by atoms with Gasteiger partial charge >= 0.3 is 0 Å². The molecule has 1 aromatic carbocycles. The van der Waals surface area contributed by atoms with E-state index in [1.54, 1.807) is 12.1 Å². The van der Waals surface area contributed by atoms with Crippen LogP contribution in [0.25, 0.3) is 0 Å². The predicted octanol–water partition coefficient (Wildman–Crippen LogP) is 2.75. The van der Waals surface area contributed by atoms with Crippen LogP contribution in [0.1, 0.15) is 56.4 Å². The molecule has 3 N–H and O–H groups in total. The second kappa shape index (κ2) is 7.92. The molecule has 0 aromatic heterocycles. The van der Waals surface area contributed by atoms with E-state index in [1.807, 2.05) is 12.1 Å². The summed E-state index contributed by atoms with van der Waals surface area (Å²) in [5.74, 6) is 0.605. The molecule has 1 aliphatic carbocycles. The molecule has 2 rings (SSSR count). The Kier molecular flexibility index (Phi) is 6.21. The summed E-state index contributed by atoms with van der Waals surface area (Å²) in [6.45, 7) is 1.04. The lowest BCUT2D eigenvalue weighted by atomic mass is 9.84. The monoisotopic (exact) mass is 310 g/mol. The third-order valence-electron chi connectivity index (χ3n) is 4.19. The van der Waals surface area contributed by atoms with Gasteiger partial charge < -0.3 is 5.73 Å². The highest BCUT2D eigenvalue weighted by Crippen LogP contribution is 2.32. The minimum Gasteiger partial charge on any atom is -0.330 e. The number of rotatable bonds is 7. The van der Waals surface area contributed by atoms with Crippen molar-refractivity contribution in [3.8, 4) is 0 Å². The topological polar surface area (TPSA) is 72.2 Å². The highest BCUT2D eigenvalue weighted by atomic mass is 32.2. The Balaban J connectivity index is 1.97. The van der Waals surface area contributed by atoms with E-state index < -0.39 is 10.0 Å². The summed E-state index contributed by atoms with van der Waals surface area (Å²) in [5.41, 5.74) is 6.67. The molecular weight excluding hydrogens is 284 g/mol. The third-order valence-corrected chi connectivity index (χ3v) is 5.67. The van der Waals surface area contributed by atoms with Crippen molar-refractivity contribution >= 4 is 10.0 Å². The summed E-state index contributed by atoms with van der Waals surface area (Å²) >= 11 is 0. The molecule has 21 heavy (non-hydrogen) atoms. The molecule has 0 bridgehead atoms. The van der Waals surface area contributed by atoms with Gasteiger partial charge in [-0.1, -0.05) is 31.4 Å². The van der Waals surface area contributed by atoms with Gasteiger partial charge in [0.15, 0.2) is 0 Å². The Morgan fingerprint density at radius 2 is 1.71 bits per heavy atom. The SMILES string of the molecule is NCCCCNS(=O)(=O)c1ccc(C2CCCCC2)cc1. The smallest absolute Gasteiger partial charge is 0.240 e. The minimum atomic E-state index is -3.38. The molecular formula is C16H26N2O2S. The van der Waals surface area contributed by atoms with Crippen LogP contribution in [0, 0.1) is 0 Å². The van der Waals surface area contributed by atoms with Crippen molar-refractivity contribution in [2.75, 3.05) is 13.1 Å². The Labute approximate surface area is 128 Å². The van der Waals surface area contributed by atoms with E-state index in [4.69, 9.17) is 5.73 Å². The zero-order valence-electron chi connectivity index (χ0n) is 12.6. The number of unbranched alkanes of at least 4 members (excludes halogenated alkanes) is 1. The van der Waals surface area contributed by atoms with Gasteiger partial charge in [0, 0.05) is 6.54 Å². The standard InChI is InChI=1S/C16H26N2O2S/c17-12-4-5-13-18-21(19,20)16-10-8-15(9-11-16)14-6-2-1-3-7-14/h8-11,14,18H,1-7,12-13,17H2. The lowest BCUT2D eigenvalue weighted by molar-refractivity contribution is 0.443. The van der Waals surface area contributed by atoms with Crippen LogP contribution in [0.3, 0.4) is 0 Å². The summed E-state index contributed by atoms with van der Waals surface area (Å²) in [4.78, 5) is 0.356. The first-order valence-corrected chi connectivity index (χ1v) is 9.41. The van der Waals surface area contributed by atoms with E-state index in [9.17, 15) is 8.42 Å². The van der Waals surface area contributed by atoms with Crippen molar-refractivity contribution in [1.82, 2.24) is 4.72 Å². The van der Waals surface area contributed by atoms with Gasteiger partial charge in [0.05, 0.1) is 4.90 Å². The minimum absolute atomic E-state index is 0.356. The molecule has 1 aliphatic rings. The van der Waals surface area contributed by atoms with Crippen LogP contribution in [0.5, 0.6) is 0 Å². The van der Waals surface area contributed by atoms with Crippen LogP contribution in [0.2, 0.25) is 0 Å². The predicted molar refractivity (Wildman–Crippen MR) is 85.7 cm³/mol. The van der Waals surface area contributed by atoms with Crippen LogP contribution in [0.4, 0.5) is 0 Å². The van der Waals surface area contributed by atoms with Gasteiger partial charge in [-0.15, -0.1) is 0 Å². The normalized spacial score (nSPS) is 17.0. The summed E-state index contributed by atoms with van der Waals surface area (Å²) in [6, 6.07) is 7.42. The second-order valence-corrected chi connectivity index (χ2v) is 7.56. The van der Waals surface area contributed by atoms with Crippen LogP contribution in [-0.2, 0) is 10.0 Å². The Morgan fingerprint density at radius 3 is 2.33 bits per heavy atom. The quantitative estimate of drug-likeness (QED) is 0.761.